The van der Waals surface area contributed by atoms with Gasteiger partial charge in [-0.15, -0.1) is 0 Å². The third kappa shape index (κ3) is 4.99. The number of nitrogens with zero attached hydrogens (tertiary/aromatic N) is 2. The lowest BCUT2D eigenvalue weighted by Crippen LogP contribution is -2.19. The van der Waals surface area contributed by atoms with E-state index >= 15 is 0 Å². The maximum absolute atomic E-state index is 11.4. The van der Waals surface area contributed by atoms with E-state index in [2.05, 4.69) is 20.7 Å². The van der Waals surface area contributed by atoms with Gasteiger partial charge in [0.2, 0.25) is 0 Å². The average Bonchev–Trinajstić information content (AvgIpc) is 2.38. The van der Waals surface area contributed by atoms with E-state index in [4.69, 9.17) is 5.84 Å². The number of hydrazine groups is 1. The maximum Gasteiger partial charge on any atom is 0.151 e. The summed E-state index contributed by atoms with van der Waals surface area (Å²) in [5.41, 5.74) is 2.47. The Kier molecular flexibility index (Phi) is 5.49. The summed E-state index contributed by atoms with van der Waals surface area (Å²) in [5, 5.41) is 2.98. The number of nitrogens with two attached hydrogens (primary N) is 1. The maximum atomic E-state index is 11.4. The monoisotopic (exact) mass is 287 g/mol. The Labute approximate surface area is 113 Å². The van der Waals surface area contributed by atoms with E-state index < -0.39 is 9.84 Å². The topological polar surface area (TPSA) is 110 Å². The molecule has 0 unspecified atom stereocenters. The smallest absolute Gasteiger partial charge is 0.151 e. The number of aromatic nitrogens is 2. The summed E-state index contributed by atoms with van der Waals surface area (Å²) in [6.45, 7) is 5.89. The minimum atomic E-state index is -2.98. The van der Waals surface area contributed by atoms with Crippen LogP contribution in [0.15, 0.2) is 6.07 Å². The third-order valence-corrected chi connectivity index (χ3v) is 4.27. The van der Waals surface area contributed by atoms with Crippen molar-refractivity contribution in [2.75, 3.05) is 28.8 Å². The van der Waals surface area contributed by atoms with E-state index in [0.717, 1.165) is 0 Å². The van der Waals surface area contributed by atoms with Crippen molar-refractivity contribution >= 4 is 21.5 Å². The molecule has 0 amide bonds. The van der Waals surface area contributed by atoms with Gasteiger partial charge in [0.05, 0.1) is 5.75 Å². The van der Waals surface area contributed by atoms with Crippen molar-refractivity contribution < 1.29 is 8.42 Å². The van der Waals surface area contributed by atoms with Gasteiger partial charge in [-0.2, -0.15) is 0 Å². The molecule has 19 heavy (non-hydrogen) atoms. The van der Waals surface area contributed by atoms with Crippen molar-refractivity contribution in [1.82, 2.24) is 9.97 Å². The number of sulfone groups is 1. The van der Waals surface area contributed by atoms with Crippen LogP contribution in [0.4, 0.5) is 11.6 Å². The molecule has 0 aromatic carbocycles. The highest BCUT2D eigenvalue weighted by Gasteiger charge is 2.09. The van der Waals surface area contributed by atoms with Gasteiger partial charge in [0.1, 0.15) is 17.5 Å². The molecule has 0 saturated carbocycles. The molecule has 4 N–H and O–H groups in total. The van der Waals surface area contributed by atoms with Crippen LogP contribution >= 0.6 is 0 Å². The number of anilines is 2. The highest BCUT2D eigenvalue weighted by atomic mass is 32.2. The Morgan fingerprint density at radius 3 is 2.47 bits per heavy atom. The zero-order chi connectivity index (χ0) is 14.5. The minimum absolute atomic E-state index is 0.0793. The standard InChI is InChI=1S/C11H21N5O2S/c1-4-19(17,18)6-5-13-9-7-10(16-12)15-11(14-9)8(2)3/h7-8H,4-6,12H2,1-3H3,(H2,13,14,15,16). The second-order valence-electron chi connectivity index (χ2n) is 4.46. The van der Waals surface area contributed by atoms with Crippen molar-refractivity contribution in [3.63, 3.8) is 0 Å². The Balaban J connectivity index is 2.75. The fourth-order valence-corrected chi connectivity index (χ4v) is 2.07. The molecule has 0 saturated heterocycles. The number of nitrogen functional groups attached to an aromatic ring is 1. The predicted molar refractivity (Wildman–Crippen MR) is 76.7 cm³/mol. The summed E-state index contributed by atoms with van der Waals surface area (Å²) < 4.78 is 22.8. The SMILES string of the molecule is CCS(=O)(=O)CCNc1cc(NN)nc(C(C)C)n1. The van der Waals surface area contributed by atoms with E-state index in [-0.39, 0.29) is 17.4 Å². The van der Waals surface area contributed by atoms with Crippen LogP contribution in [0.2, 0.25) is 0 Å². The zero-order valence-corrected chi connectivity index (χ0v) is 12.3. The Morgan fingerprint density at radius 2 is 1.95 bits per heavy atom. The molecule has 1 rings (SSSR count). The summed E-state index contributed by atoms with van der Waals surface area (Å²) in [6, 6.07) is 1.64. The summed E-state index contributed by atoms with van der Waals surface area (Å²) in [4.78, 5) is 8.53. The van der Waals surface area contributed by atoms with Gasteiger partial charge in [0, 0.05) is 24.3 Å². The lowest BCUT2D eigenvalue weighted by Gasteiger charge is -2.11. The molecule has 108 valence electrons. The van der Waals surface area contributed by atoms with Crippen molar-refractivity contribution in [1.29, 1.82) is 0 Å². The van der Waals surface area contributed by atoms with Crippen LogP contribution in [0, 0.1) is 0 Å². The van der Waals surface area contributed by atoms with Gasteiger partial charge in [0.25, 0.3) is 0 Å². The van der Waals surface area contributed by atoms with Gasteiger partial charge in [-0.05, 0) is 0 Å². The molecule has 0 fully saturated rings. The number of rotatable bonds is 7. The van der Waals surface area contributed by atoms with Gasteiger partial charge in [-0.1, -0.05) is 20.8 Å². The molecule has 1 aromatic rings. The van der Waals surface area contributed by atoms with E-state index in [1.54, 1.807) is 13.0 Å². The minimum Gasteiger partial charge on any atom is -0.369 e. The number of hydrogen-bond donors (Lipinski definition) is 3. The molecule has 0 aliphatic carbocycles. The molecule has 0 bridgehead atoms. The second kappa shape index (κ2) is 6.67. The average molecular weight is 287 g/mol. The van der Waals surface area contributed by atoms with Crippen molar-refractivity contribution in [3.05, 3.63) is 11.9 Å². The largest absolute Gasteiger partial charge is 0.369 e. The Hall–Kier alpha value is -1.41. The first kappa shape index (κ1) is 15.6. The van der Waals surface area contributed by atoms with Gasteiger partial charge in [0.15, 0.2) is 9.84 Å². The molecule has 1 aromatic heterocycles. The first-order valence-electron chi connectivity index (χ1n) is 6.18. The molecule has 8 heteroatoms. The normalized spacial score (nSPS) is 11.6. The lowest BCUT2D eigenvalue weighted by atomic mass is 10.2. The zero-order valence-electron chi connectivity index (χ0n) is 11.5. The fraction of sp³-hybridized carbons (Fsp3) is 0.636. The first-order chi connectivity index (χ1) is 8.88. The Morgan fingerprint density at radius 1 is 1.32 bits per heavy atom. The van der Waals surface area contributed by atoms with Gasteiger partial charge < -0.3 is 10.7 Å². The molecule has 7 nitrogen and oxygen atoms in total. The van der Waals surface area contributed by atoms with Crippen LogP contribution in [-0.2, 0) is 9.84 Å². The lowest BCUT2D eigenvalue weighted by molar-refractivity contribution is 0.597. The van der Waals surface area contributed by atoms with Crippen molar-refractivity contribution in [2.45, 2.75) is 26.7 Å². The fourth-order valence-electron chi connectivity index (χ4n) is 1.37. The highest BCUT2D eigenvalue weighted by Crippen LogP contribution is 2.16. The van der Waals surface area contributed by atoms with Crippen LogP contribution in [0.5, 0.6) is 0 Å². The van der Waals surface area contributed by atoms with Crippen LogP contribution in [0.1, 0.15) is 32.5 Å². The van der Waals surface area contributed by atoms with E-state index in [0.29, 0.717) is 24.0 Å². The quantitative estimate of drug-likeness (QED) is 0.501. The predicted octanol–water partition coefficient (Wildman–Crippen LogP) is 0.732. The van der Waals surface area contributed by atoms with E-state index in [9.17, 15) is 8.42 Å². The molecule has 0 aliphatic heterocycles. The molecule has 0 aliphatic rings. The molecule has 0 atom stereocenters. The van der Waals surface area contributed by atoms with Crippen molar-refractivity contribution in [2.24, 2.45) is 5.84 Å². The van der Waals surface area contributed by atoms with Crippen LogP contribution < -0.4 is 16.6 Å². The Bertz CT molecular complexity index is 516. The van der Waals surface area contributed by atoms with Crippen molar-refractivity contribution in [3.8, 4) is 0 Å². The molecule has 0 radical (unpaired) electrons. The molecular formula is C11H21N5O2S. The summed E-state index contributed by atoms with van der Waals surface area (Å²) in [6.07, 6.45) is 0. The van der Waals surface area contributed by atoms with Crippen LogP contribution in [0.25, 0.3) is 0 Å². The molecule has 0 spiro atoms. The van der Waals surface area contributed by atoms with Gasteiger partial charge in [-0.25, -0.2) is 24.2 Å². The number of hydrogen-bond acceptors (Lipinski definition) is 7. The van der Waals surface area contributed by atoms with E-state index in [1.165, 1.54) is 0 Å². The van der Waals surface area contributed by atoms with Crippen LogP contribution in [-0.4, -0.2) is 36.4 Å². The summed E-state index contributed by atoms with van der Waals surface area (Å²) >= 11 is 0. The van der Waals surface area contributed by atoms with Gasteiger partial charge >= 0.3 is 0 Å². The second-order valence-corrected chi connectivity index (χ2v) is 6.93. The van der Waals surface area contributed by atoms with E-state index in [1.807, 2.05) is 13.8 Å². The molecular weight excluding hydrogens is 266 g/mol. The summed E-state index contributed by atoms with van der Waals surface area (Å²) in [5.74, 6) is 7.44. The van der Waals surface area contributed by atoms with Crippen LogP contribution in [0.3, 0.4) is 0 Å². The van der Waals surface area contributed by atoms with Gasteiger partial charge in [-0.3, -0.25) is 0 Å². The number of nitrogens with one attached hydrogen (secondary N) is 2. The first-order valence-corrected chi connectivity index (χ1v) is 8.00. The highest BCUT2D eigenvalue weighted by molar-refractivity contribution is 7.91. The third-order valence-electron chi connectivity index (χ3n) is 2.57. The summed E-state index contributed by atoms with van der Waals surface area (Å²) in [7, 11) is -2.98. The molecule has 1 heterocycles.